The second-order valence-electron chi connectivity index (χ2n) is 4.20. The normalized spacial score (nSPS) is 24.4. The summed E-state index contributed by atoms with van der Waals surface area (Å²) in [4.78, 5) is 13.6. The Bertz CT molecular complexity index is 206. The van der Waals surface area contributed by atoms with Crippen LogP contribution in [0.25, 0.3) is 0 Å². The van der Waals surface area contributed by atoms with E-state index in [-0.39, 0.29) is 24.0 Å². The molecule has 0 radical (unpaired) electrons. The van der Waals surface area contributed by atoms with Crippen LogP contribution in [-0.2, 0) is 9.53 Å². The molecule has 14 heavy (non-hydrogen) atoms. The summed E-state index contributed by atoms with van der Waals surface area (Å²) in [5, 5.41) is 0. The molecule has 0 aromatic rings. The number of likely N-dealkylation sites (tertiary alicyclic amines) is 1. The molecular formula is C10H20N2O2. The van der Waals surface area contributed by atoms with Gasteiger partial charge in [-0.25, -0.2) is 0 Å². The van der Waals surface area contributed by atoms with Crippen LogP contribution in [0.5, 0.6) is 0 Å². The van der Waals surface area contributed by atoms with E-state index in [4.69, 9.17) is 10.5 Å². The standard InChI is InChI=1S/C10H20N2O2/c1-7(2)9(11)10(13)12-5-4-8(6-12)14-3/h7-9H,4-6,11H2,1-3H3/t8-,9+/m1/s1. The van der Waals surface area contributed by atoms with E-state index in [1.807, 2.05) is 13.8 Å². The number of hydrogen-bond acceptors (Lipinski definition) is 3. The van der Waals surface area contributed by atoms with Crippen LogP contribution in [-0.4, -0.2) is 43.2 Å². The van der Waals surface area contributed by atoms with Gasteiger partial charge in [-0.2, -0.15) is 0 Å². The largest absolute Gasteiger partial charge is 0.380 e. The molecule has 0 bridgehead atoms. The Morgan fingerprint density at radius 1 is 1.57 bits per heavy atom. The number of hydrogen-bond donors (Lipinski definition) is 1. The predicted octanol–water partition coefficient (Wildman–Crippen LogP) is 0.217. The third kappa shape index (κ3) is 2.45. The van der Waals surface area contributed by atoms with Crippen LogP contribution in [0.1, 0.15) is 20.3 Å². The van der Waals surface area contributed by atoms with Crippen LogP contribution in [0.15, 0.2) is 0 Å². The molecule has 1 amide bonds. The topological polar surface area (TPSA) is 55.6 Å². The molecule has 0 aliphatic carbocycles. The van der Waals surface area contributed by atoms with Crippen molar-refractivity contribution in [1.29, 1.82) is 0 Å². The summed E-state index contributed by atoms with van der Waals surface area (Å²) in [7, 11) is 1.68. The fraction of sp³-hybridized carbons (Fsp3) is 0.900. The summed E-state index contributed by atoms with van der Waals surface area (Å²) in [5.41, 5.74) is 5.79. The van der Waals surface area contributed by atoms with E-state index < -0.39 is 0 Å². The second kappa shape index (κ2) is 4.75. The van der Waals surface area contributed by atoms with Gasteiger partial charge in [0.1, 0.15) is 0 Å². The molecule has 0 saturated carbocycles. The first-order chi connectivity index (χ1) is 6.56. The molecule has 4 heteroatoms. The number of amides is 1. The minimum Gasteiger partial charge on any atom is -0.380 e. The van der Waals surface area contributed by atoms with Gasteiger partial charge in [0, 0.05) is 20.2 Å². The van der Waals surface area contributed by atoms with Gasteiger partial charge in [-0.15, -0.1) is 0 Å². The van der Waals surface area contributed by atoms with E-state index in [9.17, 15) is 4.79 Å². The Balaban J connectivity index is 2.47. The number of methoxy groups -OCH3 is 1. The van der Waals surface area contributed by atoms with Crippen molar-refractivity contribution in [2.75, 3.05) is 20.2 Å². The van der Waals surface area contributed by atoms with Crippen molar-refractivity contribution < 1.29 is 9.53 Å². The van der Waals surface area contributed by atoms with Crippen LogP contribution < -0.4 is 5.73 Å². The van der Waals surface area contributed by atoms with Crippen molar-refractivity contribution in [1.82, 2.24) is 4.90 Å². The number of nitrogens with two attached hydrogens (primary N) is 1. The molecule has 2 atom stereocenters. The molecule has 0 spiro atoms. The van der Waals surface area contributed by atoms with Crippen LogP contribution in [0, 0.1) is 5.92 Å². The summed E-state index contributed by atoms with van der Waals surface area (Å²) >= 11 is 0. The maximum atomic E-state index is 11.8. The molecule has 4 nitrogen and oxygen atoms in total. The van der Waals surface area contributed by atoms with Crippen LogP contribution in [0.4, 0.5) is 0 Å². The van der Waals surface area contributed by atoms with Crippen molar-refractivity contribution in [3.63, 3.8) is 0 Å². The highest BCUT2D eigenvalue weighted by Crippen LogP contribution is 2.14. The van der Waals surface area contributed by atoms with Crippen LogP contribution in [0.3, 0.4) is 0 Å². The third-order valence-corrected chi connectivity index (χ3v) is 2.79. The summed E-state index contributed by atoms with van der Waals surface area (Å²) in [6.45, 7) is 5.40. The number of carbonyl (C=O) groups is 1. The van der Waals surface area contributed by atoms with E-state index >= 15 is 0 Å². The van der Waals surface area contributed by atoms with Gasteiger partial charge in [0.05, 0.1) is 12.1 Å². The smallest absolute Gasteiger partial charge is 0.239 e. The lowest BCUT2D eigenvalue weighted by atomic mass is 10.0. The van der Waals surface area contributed by atoms with Crippen molar-refractivity contribution in [3.8, 4) is 0 Å². The molecule has 1 saturated heterocycles. The number of rotatable bonds is 3. The fourth-order valence-corrected chi connectivity index (χ4v) is 1.62. The summed E-state index contributed by atoms with van der Waals surface area (Å²) in [6, 6.07) is -0.370. The molecule has 0 aromatic carbocycles. The maximum Gasteiger partial charge on any atom is 0.239 e. The molecular weight excluding hydrogens is 180 g/mol. The molecule has 1 aliphatic heterocycles. The van der Waals surface area contributed by atoms with Gasteiger partial charge >= 0.3 is 0 Å². The first kappa shape index (κ1) is 11.5. The minimum atomic E-state index is -0.370. The van der Waals surface area contributed by atoms with Gasteiger partial charge in [0.25, 0.3) is 0 Å². The molecule has 0 unspecified atom stereocenters. The molecule has 2 N–H and O–H groups in total. The summed E-state index contributed by atoms with van der Waals surface area (Å²) in [6.07, 6.45) is 1.12. The lowest BCUT2D eigenvalue weighted by Crippen LogP contribution is -2.45. The Hall–Kier alpha value is -0.610. The Morgan fingerprint density at radius 3 is 2.64 bits per heavy atom. The van der Waals surface area contributed by atoms with Gasteiger partial charge in [-0.3, -0.25) is 4.79 Å². The van der Waals surface area contributed by atoms with E-state index in [1.165, 1.54) is 0 Å². The van der Waals surface area contributed by atoms with E-state index in [0.29, 0.717) is 6.54 Å². The quantitative estimate of drug-likeness (QED) is 0.709. The van der Waals surface area contributed by atoms with Gasteiger partial charge in [0.15, 0.2) is 0 Å². The highest BCUT2D eigenvalue weighted by molar-refractivity contribution is 5.82. The average molecular weight is 200 g/mol. The Kier molecular flexibility index (Phi) is 3.89. The van der Waals surface area contributed by atoms with Crippen LogP contribution >= 0.6 is 0 Å². The Labute approximate surface area is 85.4 Å². The van der Waals surface area contributed by atoms with Crippen molar-refractivity contribution >= 4 is 5.91 Å². The highest BCUT2D eigenvalue weighted by Gasteiger charge is 2.30. The van der Waals surface area contributed by atoms with Gasteiger partial charge in [0.2, 0.25) is 5.91 Å². The summed E-state index contributed by atoms with van der Waals surface area (Å²) < 4.78 is 5.20. The van der Waals surface area contributed by atoms with Crippen molar-refractivity contribution in [2.24, 2.45) is 11.7 Å². The van der Waals surface area contributed by atoms with E-state index in [2.05, 4.69) is 0 Å². The van der Waals surface area contributed by atoms with Crippen molar-refractivity contribution in [2.45, 2.75) is 32.4 Å². The molecule has 82 valence electrons. The lowest BCUT2D eigenvalue weighted by Gasteiger charge is -2.22. The monoisotopic (exact) mass is 200 g/mol. The molecule has 1 fully saturated rings. The highest BCUT2D eigenvalue weighted by atomic mass is 16.5. The maximum absolute atomic E-state index is 11.8. The first-order valence-corrected chi connectivity index (χ1v) is 5.13. The zero-order chi connectivity index (χ0) is 10.7. The molecule has 1 rings (SSSR count). The fourth-order valence-electron chi connectivity index (χ4n) is 1.62. The van der Waals surface area contributed by atoms with Gasteiger partial charge in [-0.05, 0) is 12.3 Å². The van der Waals surface area contributed by atoms with Gasteiger partial charge in [-0.1, -0.05) is 13.8 Å². The van der Waals surface area contributed by atoms with Crippen molar-refractivity contribution in [3.05, 3.63) is 0 Å². The average Bonchev–Trinajstić information content (AvgIpc) is 2.63. The molecule has 1 aliphatic rings. The number of nitrogens with zero attached hydrogens (tertiary/aromatic N) is 1. The first-order valence-electron chi connectivity index (χ1n) is 5.13. The Morgan fingerprint density at radius 2 is 2.21 bits per heavy atom. The third-order valence-electron chi connectivity index (χ3n) is 2.79. The zero-order valence-corrected chi connectivity index (χ0v) is 9.19. The SMILES string of the molecule is CO[C@@H]1CCN(C(=O)[C@@H](N)C(C)C)C1. The number of carbonyl (C=O) groups excluding carboxylic acids is 1. The van der Waals surface area contributed by atoms with E-state index in [1.54, 1.807) is 12.0 Å². The van der Waals surface area contributed by atoms with Gasteiger partial charge < -0.3 is 15.4 Å². The van der Waals surface area contributed by atoms with Crippen LogP contribution in [0.2, 0.25) is 0 Å². The molecule has 0 aromatic heterocycles. The molecule has 1 heterocycles. The predicted molar refractivity (Wildman–Crippen MR) is 54.8 cm³/mol. The summed E-state index contributed by atoms with van der Waals surface area (Å²) in [5.74, 6) is 0.253. The second-order valence-corrected chi connectivity index (χ2v) is 4.20. The lowest BCUT2D eigenvalue weighted by molar-refractivity contribution is -0.132. The zero-order valence-electron chi connectivity index (χ0n) is 9.19. The number of ether oxygens (including phenoxy) is 1. The minimum absolute atomic E-state index is 0.0551. The van der Waals surface area contributed by atoms with E-state index in [0.717, 1.165) is 13.0 Å².